The molecule has 0 bridgehead atoms. The number of carbonyl (C=O) groups excluding carboxylic acids is 3. The molecular formula is C30H37N3O6S. The van der Waals surface area contributed by atoms with Crippen molar-refractivity contribution in [3.63, 3.8) is 0 Å². The van der Waals surface area contributed by atoms with Crippen LogP contribution in [0.15, 0.2) is 54.6 Å². The molecule has 0 radical (unpaired) electrons. The summed E-state index contributed by atoms with van der Waals surface area (Å²) in [6.45, 7) is 4.72. The first-order valence-corrected chi connectivity index (χ1v) is 15.2. The van der Waals surface area contributed by atoms with E-state index >= 15 is 0 Å². The van der Waals surface area contributed by atoms with E-state index in [-0.39, 0.29) is 36.2 Å². The second-order valence-electron chi connectivity index (χ2n) is 11.1. The molecule has 5 heterocycles. The van der Waals surface area contributed by atoms with Crippen LogP contribution >= 0.6 is 11.8 Å². The summed E-state index contributed by atoms with van der Waals surface area (Å²) >= 11 is 1.54. The number of morpholine rings is 1. The molecule has 40 heavy (non-hydrogen) atoms. The number of esters is 1. The van der Waals surface area contributed by atoms with E-state index in [1.54, 1.807) is 4.90 Å². The first-order valence-electron chi connectivity index (χ1n) is 14.3. The van der Waals surface area contributed by atoms with Crippen LogP contribution in [0, 0.1) is 11.8 Å². The molecule has 0 aliphatic carbocycles. The maximum Gasteiger partial charge on any atom is 0.311 e. The Kier molecular flexibility index (Phi) is 8.03. The van der Waals surface area contributed by atoms with Gasteiger partial charge >= 0.3 is 5.97 Å². The molecule has 6 rings (SSSR count). The molecule has 1 N–H and O–H groups in total. The molecule has 1 spiro atoms. The summed E-state index contributed by atoms with van der Waals surface area (Å²) in [5, 5.41) is 10.4. The Balaban J connectivity index is 1.37. The lowest BCUT2D eigenvalue weighted by atomic mass is 9.78. The Labute approximate surface area is 239 Å². The van der Waals surface area contributed by atoms with Gasteiger partial charge in [0.05, 0.1) is 49.1 Å². The summed E-state index contributed by atoms with van der Waals surface area (Å²) in [4.78, 5) is 48.0. The van der Waals surface area contributed by atoms with Crippen molar-refractivity contribution in [2.75, 3.05) is 59.2 Å². The van der Waals surface area contributed by atoms with Crippen LogP contribution in [-0.2, 0) is 30.3 Å². The maximum atomic E-state index is 14.5. The number of carbonyl (C=O) groups is 3. The molecule has 9 nitrogen and oxygen atoms in total. The number of ether oxygens (including phenoxy) is 2. The van der Waals surface area contributed by atoms with Gasteiger partial charge < -0.3 is 24.4 Å². The quantitative estimate of drug-likeness (QED) is 0.387. The third kappa shape index (κ3) is 4.89. The molecule has 3 fully saturated rings. The molecule has 1 unspecified atom stereocenters. The number of likely N-dealkylation sites (tertiary alicyclic amines) is 1. The van der Waals surface area contributed by atoms with E-state index in [1.165, 1.54) is 11.8 Å². The van der Waals surface area contributed by atoms with Crippen molar-refractivity contribution in [2.45, 2.75) is 34.9 Å². The molecular weight excluding hydrogens is 530 g/mol. The highest BCUT2D eigenvalue weighted by Gasteiger charge is 2.71. The summed E-state index contributed by atoms with van der Waals surface area (Å²) in [7, 11) is 0. The smallest absolute Gasteiger partial charge is 0.311 e. The average Bonchev–Trinajstić information content (AvgIpc) is 3.36. The third-order valence-electron chi connectivity index (χ3n) is 8.85. The zero-order valence-corrected chi connectivity index (χ0v) is 23.4. The molecule has 2 amide bonds. The van der Waals surface area contributed by atoms with Crippen LogP contribution in [-0.4, -0.2) is 119 Å². The normalized spacial score (nSPS) is 33.1. The van der Waals surface area contributed by atoms with Crippen LogP contribution in [0.4, 0.5) is 0 Å². The number of aliphatic hydroxyl groups excluding tert-OH is 1. The molecule has 214 valence electrons. The fraction of sp³-hybridized carbons (Fsp3) is 0.567. The number of hydrogen-bond acceptors (Lipinski definition) is 8. The van der Waals surface area contributed by atoms with Crippen LogP contribution in [0.2, 0.25) is 0 Å². The van der Waals surface area contributed by atoms with Crippen molar-refractivity contribution < 1.29 is 29.0 Å². The molecule has 3 saturated heterocycles. The van der Waals surface area contributed by atoms with E-state index in [2.05, 4.69) is 4.90 Å². The number of nitrogens with zero attached hydrogens (tertiary/aromatic N) is 3. The lowest BCUT2D eigenvalue weighted by Gasteiger charge is -2.39. The number of rotatable bonds is 7. The molecule has 0 saturated carbocycles. The highest BCUT2D eigenvalue weighted by molar-refractivity contribution is 8.02. The van der Waals surface area contributed by atoms with Crippen LogP contribution in [0.25, 0.3) is 0 Å². The van der Waals surface area contributed by atoms with Crippen molar-refractivity contribution in [3.8, 4) is 0 Å². The van der Waals surface area contributed by atoms with Gasteiger partial charge in [-0.2, -0.15) is 0 Å². The first-order chi connectivity index (χ1) is 19.5. The summed E-state index contributed by atoms with van der Waals surface area (Å²) < 4.78 is 10.1. The maximum absolute atomic E-state index is 14.5. The van der Waals surface area contributed by atoms with E-state index in [9.17, 15) is 19.5 Å². The van der Waals surface area contributed by atoms with E-state index in [0.717, 1.165) is 25.2 Å². The first kappa shape index (κ1) is 27.5. The standard InChI is InChI=1S/C30H37N3O6S/c34-20-22(19-21-7-2-1-3-8-21)33-26-28(36)32(13-12-31-14-17-38-18-15-31)11-6-10-30(26)25(27(33)35)24-23(40-30)9-4-5-16-39-29(24)37/h1-4,6-10,22-26,34H,5,11-20H2/t22-,23-,24+,25+,26?,30+/m1/s1. The fourth-order valence-corrected chi connectivity index (χ4v) is 8.90. The van der Waals surface area contributed by atoms with Crippen LogP contribution in [0.3, 0.4) is 0 Å². The zero-order valence-electron chi connectivity index (χ0n) is 22.6. The Morgan fingerprint density at radius 2 is 1.82 bits per heavy atom. The summed E-state index contributed by atoms with van der Waals surface area (Å²) in [5.41, 5.74) is 0.972. The Morgan fingerprint density at radius 3 is 2.60 bits per heavy atom. The summed E-state index contributed by atoms with van der Waals surface area (Å²) in [5.74, 6) is -2.18. The van der Waals surface area contributed by atoms with Crippen molar-refractivity contribution in [2.24, 2.45) is 11.8 Å². The number of cyclic esters (lactones) is 1. The average molecular weight is 568 g/mol. The number of amides is 2. The topological polar surface area (TPSA) is 99.6 Å². The van der Waals surface area contributed by atoms with Crippen molar-refractivity contribution >= 4 is 29.5 Å². The zero-order chi connectivity index (χ0) is 27.7. The molecule has 6 atom stereocenters. The van der Waals surface area contributed by atoms with E-state index in [1.807, 2.05) is 59.5 Å². The van der Waals surface area contributed by atoms with Crippen molar-refractivity contribution in [3.05, 3.63) is 60.2 Å². The van der Waals surface area contributed by atoms with E-state index < -0.39 is 28.7 Å². The fourth-order valence-electron chi connectivity index (χ4n) is 6.91. The van der Waals surface area contributed by atoms with E-state index in [0.29, 0.717) is 39.1 Å². The summed E-state index contributed by atoms with van der Waals surface area (Å²) in [6, 6.07) is 8.28. The highest BCUT2D eigenvalue weighted by atomic mass is 32.2. The van der Waals surface area contributed by atoms with Gasteiger partial charge in [0.25, 0.3) is 0 Å². The van der Waals surface area contributed by atoms with Crippen LogP contribution < -0.4 is 0 Å². The van der Waals surface area contributed by atoms with Crippen LogP contribution in [0.5, 0.6) is 0 Å². The predicted molar refractivity (Wildman–Crippen MR) is 150 cm³/mol. The largest absolute Gasteiger partial charge is 0.465 e. The molecule has 1 aromatic rings. The van der Waals surface area contributed by atoms with Gasteiger partial charge in [0.1, 0.15) is 6.04 Å². The van der Waals surface area contributed by atoms with Gasteiger partial charge in [0.15, 0.2) is 0 Å². The number of hydrogen-bond donors (Lipinski definition) is 1. The minimum Gasteiger partial charge on any atom is -0.465 e. The van der Waals surface area contributed by atoms with Gasteiger partial charge in [-0.15, -0.1) is 11.8 Å². The lowest BCUT2D eigenvalue weighted by molar-refractivity contribution is -0.153. The minimum atomic E-state index is -0.922. The monoisotopic (exact) mass is 567 g/mol. The molecule has 1 aromatic carbocycles. The van der Waals surface area contributed by atoms with Gasteiger partial charge in [-0.25, -0.2) is 0 Å². The second kappa shape index (κ2) is 11.7. The van der Waals surface area contributed by atoms with Gasteiger partial charge in [0.2, 0.25) is 11.8 Å². The second-order valence-corrected chi connectivity index (χ2v) is 12.6. The van der Waals surface area contributed by atoms with Gasteiger partial charge in [-0.3, -0.25) is 19.3 Å². The minimum absolute atomic E-state index is 0.125. The number of thioether (sulfide) groups is 1. The lowest BCUT2D eigenvalue weighted by Crippen LogP contribution is -2.57. The third-order valence-corrected chi connectivity index (χ3v) is 10.6. The Morgan fingerprint density at radius 1 is 1.02 bits per heavy atom. The number of benzene rings is 1. The summed E-state index contributed by atoms with van der Waals surface area (Å²) in [6.07, 6.45) is 9.08. The molecule has 0 aromatic heterocycles. The molecule has 5 aliphatic rings. The van der Waals surface area contributed by atoms with E-state index in [4.69, 9.17) is 9.47 Å². The van der Waals surface area contributed by atoms with Crippen molar-refractivity contribution in [1.82, 2.24) is 14.7 Å². The SMILES string of the molecule is O=C1OCCC=C[C@H]2S[C@]34C=CCN(CCN5CCOCC5)C(=O)C3N([C@@H](CO)Cc3ccccc3)C(=O)[C@@H]4[C@@H]12. The van der Waals surface area contributed by atoms with Gasteiger partial charge in [-0.05, 0) is 18.4 Å². The van der Waals surface area contributed by atoms with Gasteiger partial charge in [-0.1, -0.05) is 54.6 Å². The highest BCUT2D eigenvalue weighted by Crippen LogP contribution is 2.61. The van der Waals surface area contributed by atoms with Gasteiger partial charge in [0, 0.05) is 38.0 Å². The van der Waals surface area contributed by atoms with Crippen LogP contribution in [0.1, 0.15) is 12.0 Å². The predicted octanol–water partition coefficient (Wildman–Crippen LogP) is 1.12. The number of aliphatic hydroxyl groups is 1. The molecule has 10 heteroatoms. The molecule has 5 aliphatic heterocycles. The Bertz CT molecular complexity index is 1170. The number of fused-ring (bicyclic) bond motifs is 2. The Hall–Kier alpha value is -2.66. The van der Waals surface area contributed by atoms with Crippen molar-refractivity contribution in [1.29, 1.82) is 0 Å².